The van der Waals surface area contributed by atoms with Crippen molar-refractivity contribution in [3.63, 3.8) is 0 Å². The Balaban J connectivity index is 1.31. The second-order valence-electron chi connectivity index (χ2n) is 7.23. The molecule has 1 N–H and O–H groups in total. The van der Waals surface area contributed by atoms with Gasteiger partial charge in [-0.1, -0.05) is 16.8 Å². The number of hydrogen-bond acceptors (Lipinski definition) is 5. The van der Waals surface area contributed by atoms with Crippen molar-refractivity contribution in [2.24, 2.45) is 0 Å². The predicted molar refractivity (Wildman–Crippen MR) is 114 cm³/mol. The van der Waals surface area contributed by atoms with Gasteiger partial charge in [0, 0.05) is 37.1 Å². The average Bonchev–Trinajstić information content (AvgIpc) is 3.39. The molecule has 1 fully saturated rings. The van der Waals surface area contributed by atoms with E-state index in [1.165, 1.54) is 12.1 Å². The quantitative estimate of drug-likeness (QED) is 0.577. The highest BCUT2D eigenvalue weighted by Gasteiger charge is 2.22. The van der Waals surface area contributed by atoms with Crippen LogP contribution in [-0.2, 0) is 16.0 Å². The highest BCUT2D eigenvalue weighted by molar-refractivity contribution is 6.33. The van der Waals surface area contributed by atoms with Gasteiger partial charge in [0.2, 0.25) is 23.5 Å². The van der Waals surface area contributed by atoms with Crippen LogP contribution < -0.4 is 10.2 Å². The van der Waals surface area contributed by atoms with Gasteiger partial charge in [-0.25, -0.2) is 4.39 Å². The molecule has 1 aliphatic heterocycles. The highest BCUT2D eigenvalue weighted by Crippen LogP contribution is 2.30. The van der Waals surface area contributed by atoms with Crippen LogP contribution in [0.4, 0.5) is 15.8 Å². The predicted octanol–water partition coefficient (Wildman–Crippen LogP) is 4.62. The van der Waals surface area contributed by atoms with Crippen LogP contribution in [0.1, 0.15) is 31.6 Å². The molecule has 2 heterocycles. The Morgan fingerprint density at radius 3 is 2.77 bits per heavy atom. The summed E-state index contributed by atoms with van der Waals surface area (Å²) in [5, 5.41) is 7.10. The summed E-state index contributed by atoms with van der Waals surface area (Å²) < 4.78 is 18.2. The van der Waals surface area contributed by atoms with Crippen molar-refractivity contribution in [3.8, 4) is 11.4 Å². The molecule has 0 saturated carbocycles. The molecule has 2 amide bonds. The third-order valence-electron chi connectivity index (χ3n) is 4.97. The van der Waals surface area contributed by atoms with Crippen LogP contribution in [0.2, 0.25) is 5.02 Å². The Kier molecular flexibility index (Phi) is 6.27. The average molecular weight is 443 g/mol. The van der Waals surface area contributed by atoms with Gasteiger partial charge in [0.25, 0.3) is 0 Å². The smallest absolute Gasteiger partial charge is 0.227 e. The first-order valence-electron chi connectivity index (χ1n) is 9.98. The van der Waals surface area contributed by atoms with E-state index >= 15 is 0 Å². The molecule has 0 radical (unpaired) electrons. The lowest BCUT2D eigenvalue weighted by atomic mass is 10.2. The molecule has 3 aromatic rings. The van der Waals surface area contributed by atoms with Crippen LogP contribution in [0, 0.1) is 5.82 Å². The van der Waals surface area contributed by atoms with Crippen molar-refractivity contribution in [2.45, 2.75) is 32.1 Å². The molecule has 1 saturated heterocycles. The Morgan fingerprint density at radius 1 is 1.23 bits per heavy atom. The molecule has 2 aromatic carbocycles. The number of aromatic nitrogens is 2. The van der Waals surface area contributed by atoms with Gasteiger partial charge in [0.15, 0.2) is 0 Å². The van der Waals surface area contributed by atoms with Crippen molar-refractivity contribution in [3.05, 3.63) is 59.2 Å². The lowest BCUT2D eigenvalue weighted by molar-refractivity contribution is -0.117. The van der Waals surface area contributed by atoms with Crippen LogP contribution in [0.5, 0.6) is 0 Å². The third kappa shape index (κ3) is 5.08. The second kappa shape index (κ2) is 9.26. The third-order valence-corrected chi connectivity index (χ3v) is 5.30. The molecule has 160 valence electrons. The molecular formula is C22H20ClFN4O3. The van der Waals surface area contributed by atoms with Gasteiger partial charge >= 0.3 is 0 Å². The number of anilines is 2. The van der Waals surface area contributed by atoms with Gasteiger partial charge in [0.05, 0.1) is 10.7 Å². The maximum absolute atomic E-state index is 13.0. The summed E-state index contributed by atoms with van der Waals surface area (Å²) in [4.78, 5) is 30.3. The molecule has 4 rings (SSSR count). The number of carbonyl (C=O) groups is 2. The normalized spacial score (nSPS) is 13.6. The fraction of sp³-hybridized carbons (Fsp3) is 0.273. The lowest BCUT2D eigenvalue weighted by Crippen LogP contribution is -2.23. The van der Waals surface area contributed by atoms with Crippen LogP contribution in [0.3, 0.4) is 0 Å². The maximum atomic E-state index is 13.0. The molecule has 0 aliphatic carbocycles. The molecule has 1 aromatic heterocycles. The van der Waals surface area contributed by atoms with Gasteiger partial charge in [0.1, 0.15) is 5.82 Å². The van der Waals surface area contributed by atoms with Gasteiger partial charge in [-0.3, -0.25) is 9.59 Å². The first-order chi connectivity index (χ1) is 15.0. The maximum Gasteiger partial charge on any atom is 0.227 e. The van der Waals surface area contributed by atoms with E-state index in [9.17, 15) is 14.0 Å². The molecule has 0 atom stereocenters. The Labute approximate surface area is 183 Å². The summed E-state index contributed by atoms with van der Waals surface area (Å²) in [6.07, 6.45) is 2.51. The zero-order valence-electron chi connectivity index (χ0n) is 16.6. The Morgan fingerprint density at radius 2 is 2.03 bits per heavy atom. The number of halogens is 2. The van der Waals surface area contributed by atoms with E-state index < -0.39 is 0 Å². The van der Waals surface area contributed by atoms with Crippen molar-refractivity contribution in [2.75, 3.05) is 16.8 Å². The summed E-state index contributed by atoms with van der Waals surface area (Å²) in [5.41, 5.74) is 1.85. The fourth-order valence-corrected chi connectivity index (χ4v) is 3.55. The molecule has 0 unspecified atom stereocenters. The molecule has 9 heteroatoms. The first-order valence-corrected chi connectivity index (χ1v) is 10.4. The van der Waals surface area contributed by atoms with Crippen LogP contribution in [-0.4, -0.2) is 28.5 Å². The number of hydrogen-bond donors (Lipinski definition) is 1. The Hall–Kier alpha value is -3.26. The van der Waals surface area contributed by atoms with E-state index in [4.69, 9.17) is 16.1 Å². The number of nitrogens with zero attached hydrogens (tertiary/aromatic N) is 3. The zero-order chi connectivity index (χ0) is 21.8. The largest absolute Gasteiger partial charge is 0.339 e. The fourth-order valence-electron chi connectivity index (χ4n) is 3.38. The van der Waals surface area contributed by atoms with E-state index in [1.54, 1.807) is 35.2 Å². The number of nitrogens with one attached hydrogen (secondary N) is 1. The van der Waals surface area contributed by atoms with Crippen molar-refractivity contribution >= 4 is 34.8 Å². The monoisotopic (exact) mass is 442 g/mol. The Bertz CT molecular complexity index is 1100. The molecule has 0 spiro atoms. The number of amides is 2. The second-order valence-corrected chi connectivity index (χ2v) is 7.64. The van der Waals surface area contributed by atoms with E-state index in [1.807, 2.05) is 0 Å². The minimum Gasteiger partial charge on any atom is -0.339 e. The highest BCUT2D eigenvalue weighted by atomic mass is 35.5. The standard InChI is InChI=1S/C22H20ClFN4O3/c23-17-11-10-16(28-12-2-5-21(28)30)13-18(17)25-19(29)3-1-4-20-26-22(27-31-20)14-6-8-15(24)9-7-14/h6-11,13H,1-5,12H2,(H,25,29). The van der Waals surface area contributed by atoms with Crippen molar-refractivity contribution in [1.82, 2.24) is 10.1 Å². The van der Waals surface area contributed by atoms with E-state index in [-0.39, 0.29) is 24.1 Å². The molecule has 0 bridgehead atoms. The van der Waals surface area contributed by atoms with Crippen molar-refractivity contribution in [1.29, 1.82) is 0 Å². The lowest BCUT2D eigenvalue weighted by Gasteiger charge is -2.17. The first kappa shape index (κ1) is 21.0. The van der Waals surface area contributed by atoms with Gasteiger partial charge in [-0.15, -0.1) is 0 Å². The summed E-state index contributed by atoms with van der Waals surface area (Å²) in [7, 11) is 0. The molecule has 31 heavy (non-hydrogen) atoms. The SMILES string of the molecule is O=C(CCCc1nc(-c2ccc(F)cc2)no1)Nc1cc(N2CCCC2=O)ccc1Cl. The number of rotatable bonds is 7. The molecule has 7 nitrogen and oxygen atoms in total. The number of carbonyl (C=O) groups excluding carboxylic acids is 2. The summed E-state index contributed by atoms with van der Waals surface area (Å²) in [6.45, 7) is 0.665. The summed E-state index contributed by atoms with van der Waals surface area (Å²) in [5.74, 6) is 0.305. The summed E-state index contributed by atoms with van der Waals surface area (Å²) in [6, 6.07) is 11.0. The zero-order valence-corrected chi connectivity index (χ0v) is 17.4. The van der Waals surface area contributed by atoms with E-state index in [2.05, 4.69) is 15.5 Å². The van der Waals surface area contributed by atoms with Crippen molar-refractivity contribution < 1.29 is 18.5 Å². The van der Waals surface area contributed by atoms with Crippen LogP contribution in [0.25, 0.3) is 11.4 Å². The van der Waals surface area contributed by atoms with Gasteiger partial charge in [-0.05, 0) is 55.3 Å². The molecular weight excluding hydrogens is 423 g/mol. The van der Waals surface area contributed by atoms with Crippen LogP contribution >= 0.6 is 11.6 Å². The number of benzene rings is 2. The van der Waals surface area contributed by atoms with E-state index in [0.717, 1.165) is 12.1 Å². The van der Waals surface area contributed by atoms with Gasteiger partial charge in [-0.2, -0.15) is 4.98 Å². The topological polar surface area (TPSA) is 88.3 Å². The summed E-state index contributed by atoms with van der Waals surface area (Å²) >= 11 is 6.21. The minimum absolute atomic E-state index is 0.0687. The van der Waals surface area contributed by atoms with E-state index in [0.29, 0.717) is 53.8 Å². The van der Waals surface area contributed by atoms with Gasteiger partial charge < -0.3 is 14.7 Å². The van der Waals surface area contributed by atoms with Crippen LogP contribution in [0.15, 0.2) is 47.0 Å². The minimum atomic E-state index is -0.337. The number of aryl methyl sites for hydroxylation is 1. The molecule has 1 aliphatic rings.